The van der Waals surface area contributed by atoms with Gasteiger partial charge in [0, 0.05) is 23.3 Å². The van der Waals surface area contributed by atoms with Crippen LogP contribution in [-0.4, -0.2) is 15.5 Å². The molecule has 0 atom stereocenters. The zero-order chi connectivity index (χ0) is 20.4. The molecule has 0 radical (unpaired) electrons. The molecule has 29 heavy (non-hydrogen) atoms. The highest BCUT2D eigenvalue weighted by atomic mass is 16.2. The predicted molar refractivity (Wildman–Crippen MR) is 116 cm³/mol. The molecule has 2 heterocycles. The number of carbonyl (C=O) groups is 1. The Kier molecular flexibility index (Phi) is 4.96. The summed E-state index contributed by atoms with van der Waals surface area (Å²) in [6.45, 7) is 3.99. The number of pyridine rings is 2. The number of aryl methyl sites for hydroxylation is 2. The third-order valence-corrected chi connectivity index (χ3v) is 4.81. The minimum absolute atomic E-state index is 0.0388. The summed E-state index contributed by atoms with van der Waals surface area (Å²) in [6.07, 6.45) is 3.48. The van der Waals surface area contributed by atoms with Gasteiger partial charge in [0.05, 0.1) is 5.52 Å². The molecule has 2 aromatic heterocycles. The third-order valence-electron chi connectivity index (χ3n) is 4.81. The Hall–Kier alpha value is -3.73. The Bertz CT molecular complexity index is 1240. The molecule has 144 valence electrons. The fourth-order valence-electron chi connectivity index (χ4n) is 3.33. The monoisotopic (exact) mass is 383 g/mol. The molecule has 0 unspecified atom stereocenters. The zero-order valence-electron chi connectivity index (χ0n) is 16.3. The fraction of sp³-hybridized carbons (Fsp3) is 0.125. The molecule has 0 aliphatic carbocycles. The molecule has 0 aliphatic rings. The second-order valence-corrected chi connectivity index (χ2v) is 7.16. The van der Waals surface area contributed by atoms with Crippen molar-refractivity contribution in [2.24, 2.45) is 0 Å². The molecule has 0 bridgehead atoms. The van der Waals surface area contributed by atoms with Crippen molar-refractivity contribution in [2.45, 2.75) is 20.4 Å². The average molecular weight is 383 g/mol. The van der Waals surface area contributed by atoms with Gasteiger partial charge in [-0.3, -0.25) is 9.59 Å². The fourth-order valence-corrected chi connectivity index (χ4v) is 3.33. The lowest BCUT2D eigenvalue weighted by Gasteiger charge is -2.14. The van der Waals surface area contributed by atoms with Gasteiger partial charge in [-0.15, -0.1) is 0 Å². The van der Waals surface area contributed by atoms with E-state index in [4.69, 9.17) is 0 Å². The molecule has 0 saturated heterocycles. The molecule has 4 aromatic rings. The largest absolute Gasteiger partial charge is 0.337 e. The van der Waals surface area contributed by atoms with Crippen LogP contribution in [-0.2, 0) is 11.3 Å². The van der Waals surface area contributed by atoms with Crippen LogP contribution in [0, 0.1) is 13.8 Å². The van der Waals surface area contributed by atoms with E-state index in [-0.39, 0.29) is 17.9 Å². The highest BCUT2D eigenvalue weighted by Gasteiger charge is 2.13. The van der Waals surface area contributed by atoms with Gasteiger partial charge in [0.25, 0.3) is 0 Å². The van der Waals surface area contributed by atoms with Crippen molar-refractivity contribution in [3.05, 3.63) is 94.4 Å². The van der Waals surface area contributed by atoms with E-state index in [1.807, 2.05) is 73.0 Å². The molecule has 5 nitrogen and oxygen atoms in total. The first-order valence-electron chi connectivity index (χ1n) is 9.43. The topological polar surface area (TPSA) is 64.0 Å². The Morgan fingerprint density at radius 3 is 2.48 bits per heavy atom. The first kappa shape index (κ1) is 18.6. The normalized spacial score (nSPS) is 10.8. The molecule has 0 spiro atoms. The van der Waals surface area contributed by atoms with E-state index < -0.39 is 0 Å². The number of amides is 1. The highest BCUT2D eigenvalue weighted by Crippen LogP contribution is 2.21. The van der Waals surface area contributed by atoms with Crippen LogP contribution in [0.15, 0.2) is 77.9 Å². The van der Waals surface area contributed by atoms with Crippen LogP contribution in [0.25, 0.3) is 22.0 Å². The van der Waals surface area contributed by atoms with Crippen LogP contribution < -0.4 is 10.7 Å². The summed E-state index contributed by atoms with van der Waals surface area (Å²) >= 11 is 0. The number of carbonyl (C=O) groups excluding carboxylic acids is 1. The smallest absolute Gasteiger partial charge is 0.245 e. The van der Waals surface area contributed by atoms with Crippen molar-refractivity contribution in [3.8, 4) is 11.1 Å². The van der Waals surface area contributed by atoms with Gasteiger partial charge in [-0.1, -0.05) is 42.5 Å². The van der Waals surface area contributed by atoms with Gasteiger partial charge < -0.3 is 9.88 Å². The molecule has 2 aromatic carbocycles. The van der Waals surface area contributed by atoms with E-state index in [1.54, 1.807) is 18.5 Å². The summed E-state index contributed by atoms with van der Waals surface area (Å²) < 4.78 is 1.83. The first-order valence-corrected chi connectivity index (χ1v) is 9.43. The van der Waals surface area contributed by atoms with Gasteiger partial charge in [0.2, 0.25) is 5.91 Å². The minimum Gasteiger partial charge on any atom is -0.337 e. The van der Waals surface area contributed by atoms with Crippen molar-refractivity contribution < 1.29 is 4.79 Å². The standard InChI is InChI=1S/C24H21N3O2/c1-16-8-10-19-21(12-16)27(14-20(24(19)29)18-6-4-3-5-7-18)15-23(28)26-22-11-9-17(2)13-25-22/h3-14H,15H2,1-2H3,(H,25,26,28). The summed E-state index contributed by atoms with van der Waals surface area (Å²) in [5.74, 6) is 0.303. The Balaban J connectivity index is 1.77. The number of anilines is 1. The van der Waals surface area contributed by atoms with E-state index in [1.165, 1.54) is 0 Å². The van der Waals surface area contributed by atoms with Gasteiger partial charge in [0.1, 0.15) is 12.4 Å². The molecular formula is C24H21N3O2. The SMILES string of the molecule is Cc1ccc(NC(=O)Cn2cc(-c3ccccc3)c(=O)c3ccc(C)cc32)nc1. The van der Waals surface area contributed by atoms with Crippen LogP contribution in [0.3, 0.4) is 0 Å². The van der Waals surface area contributed by atoms with Crippen LogP contribution in [0.2, 0.25) is 0 Å². The Labute approximate surface area is 168 Å². The van der Waals surface area contributed by atoms with Crippen LogP contribution in [0.5, 0.6) is 0 Å². The molecule has 1 N–H and O–H groups in total. The first-order chi connectivity index (χ1) is 14.0. The van der Waals surface area contributed by atoms with Gasteiger partial charge >= 0.3 is 0 Å². The number of hydrogen-bond acceptors (Lipinski definition) is 3. The van der Waals surface area contributed by atoms with Crippen molar-refractivity contribution in [1.29, 1.82) is 0 Å². The molecule has 5 heteroatoms. The maximum absolute atomic E-state index is 13.1. The van der Waals surface area contributed by atoms with Crippen molar-refractivity contribution in [2.75, 3.05) is 5.32 Å². The molecule has 0 saturated carbocycles. The quantitative estimate of drug-likeness (QED) is 0.571. The lowest BCUT2D eigenvalue weighted by molar-refractivity contribution is -0.116. The summed E-state index contributed by atoms with van der Waals surface area (Å²) in [6, 6.07) is 18.9. The third kappa shape index (κ3) is 3.94. The maximum Gasteiger partial charge on any atom is 0.245 e. The number of benzene rings is 2. The molecule has 0 aliphatic heterocycles. The van der Waals surface area contributed by atoms with Crippen molar-refractivity contribution in [3.63, 3.8) is 0 Å². The summed E-state index contributed by atoms with van der Waals surface area (Å²) in [7, 11) is 0. The van der Waals surface area contributed by atoms with Gasteiger partial charge in [-0.2, -0.15) is 0 Å². The summed E-state index contributed by atoms with van der Waals surface area (Å²) in [5.41, 5.74) is 4.15. The maximum atomic E-state index is 13.1. The molecule has 4 rings (SSSR count). The predicted octanol–water partition coefficient (Wildman–Crippen LogP) is 4.32. The number of fused-ring (bicyclic) bond motifs is 1. The van der Waals surface area contributed by atoms with E-state index in [2.05, 4.69) is 10.3 Å². The number of nitrogens with zero attached hydrogens (tertiary/aromatic N) is 2. The average Bonchev–Trinajstić information content (AvgIpc) is 2.72. The van der Waals surface area contributed by atoms with E-state index in [0.717, 1.165) is 22.2 Å². The van der Waals surface area contributed by atoms with Crippen LogP contribution in [0.1, 0.15) is 11.1 Å². The van der Waals surface area contributed by atoms with Gasteiger partial charge in [-0.25, -0.2) is 4.98 Å². The summed E-state index contributed by atoms with van der Waals surface area (Å²) in [5, 5.41) is 3.42. The Morgan fingerprint density at radius 1 is 1.00 bits per heavy atom. The summed E-state index contributed by atoms with van der Waals surface area (Å²) in [4.78, 5) is 30.0. The number of nitrogens with one attached hydrogen (secondary N) is 1. The Morgan fingerprint density at radius 2 is 1.76 bits per heavy atom. The lowest BCUT2D eigenvalue weighted by atomic mass is 10.0. The van der Waals surface area contributed by atoms with E-state index in [0.29, 0.717) is 16.8 Å². The minimum atomic E-state index is -0.202. The molecular weight excluding hydrogens is 362 g/mol. The molecule has 0 fully saturated rings. The van der Waals surface area contributed by atoms with Crippen molar-refractivity contribution >= 4 is 22.6 Å². The van der Waals surface area contributed by atoms with Crippen LogP contribution >= 0.6 is 0 Å². The number of rotatable bonds is 4. The van der Waals surface area contributed by atoms with Crippen molar-refractivity contribution in [1.82, 2.24) is 9.55 Å². The highest BCUT2D eigenvalue weighted by molar-refractivity contribution is 5.92. The van der Waals surface area contributed by atoms with Gasteiger partial charge in [-0.05, 0) is 48.7 Å². The number of hydrogen-bond donors (Lipinski definition) is 1. The second-order valence-electron chi connectivity index (χ2n) is 7.16. The lowest BCUT2D eigenvalue weighted by Crippen LogP contribution is -2.22. The molecule has 1 amide bonds. The second kappa shape index (κ2) is 7.72. The van der Waals surface area contributed by atoms with Crippen LogP contribution in [0.4, 0.5) is 5.82 Å². The zero-order valence-corrected chi connectivity index (χ0v) is 16.3. The van der Waals surface area contributed by atoms with E-state index in [9.17, 15) is 9.59 Å². The van der Waals surface area contributed by atoms with Gasteiger partial charge in [0.15, 0.2) is 5.43 Å². The number of aromatic nitrogens is 2. The van der Waals surface area contributed by atoms with E-state index >= 15 is 0 Å².